The fraction of sp³-hybridized carbons (Fsp3) is 0.211. The predicted octanol–water partition coefficient (Wildman–Crippen LogP) is 3.65. The monoisotopic (exact) mass is 659 g/mol. The molecule has 0 bridgehead atoms. The number of benzene rings is 2. The fourth-order valence-corrected chi connectivity index (χ4v) is 4.37. The Bertz CT molecular complexity index is 1000. The van der Waals surface area contributed by atoms with Crippen LogP contribution in [0.3, 0.4) is 0 Å². The first kappa shape index (κ1) is 25.0. The van der Waals surface area contributed by atoms with Gasteiger partial charge in [0.1, 0.15) is 18.0 Å². The molecular weight excluding hydrogens is 645 g/mol. The van der Waals surface area contributed by atoms with Crippen molar-refractivity contribution in [2.45, 2.75) is 12.3 Å². The van der Waals surface area contributed by atoms with Crippen LogP contribution >= 0.6 is 45.2 Å². The second kappa shape index (κ2) is 10.8. The lowest BCUT2D eigenvalue weighted by Gasteiger charge is -2.19. The normalized spacial score (nSPS) is 11.9. The summed E-state index contributed by atoms with van der Waals surface area (Å²) in [6.45, 7) is -0.537. The summed E-state index contributed by atoms with van der Waals surface area (Å²) in [4.78, 5) is 25.1. The molecule has 2 rings (SSSR count). The van der Waals surface area contributed by atoms with E-state index in [9.17, 15) is 27.9 Å². The zero-order valence-corrected chi connectivity index (χ0v) is 19.8. The maximum atomic E-state index is 12.6. The van der Waals surface area contributed by atoms with Crippen LogP contribution in [0.2, 0.25) is 0 Å². The van der Waals surface area contributed by atoms with E-state index < -0.39 is 29.8 Å². The van der Waals surface area contributed by atoms with Crippen molar-refractivity contribution < 1.29 is 32.6 Å². The molecule has 0 aliphatic carbocycles. The molecule has 0 aliphatic heterocycles. The summed E-state index contributed by atoms with van der Waals surface area (Å²) in [5, 5.41) is 23.5. The minimum atomic E-state index is -4.98. The highest BCUT2D eigenvalue weighted by molar-refractivity contribution is 14.1. The molecule has 1 atom stereocenters. The number of carbonyl (C=O) groups is 2. The van der Waals surface area contributed by atoms with E-state index in [-0.39, 0.29) is 24.4 Å². The standard InChI is InChI=1S/C19H14F3I2N3O4/c20-19(21,22)31-15-4-2-1-3-11(15)17(29)27-9-12(18(30)26-6-5-25)10-7-13(23)16(28)14(24)8-10/h1-4,7-8,12,28H,6,9H2,(H,26,30)(H,27,29). The highest BCUT2D eigenvalue weighted by Crippen LogP contribution is 2.31. The van der Waals surface area contributed by atoms with Crippen molar-refractivity contribution in [3.63, 3.8) is 0 Å². The van der Waals surface area contributed by atoms with Crippen LogP contribution in [0.5, 0.6) is 11.5 Å². The van der Waals surface area contributed by atoms with E-state index in [0.29, 0.717) is 12.7 Å². The van der Waals surface area contributed by atoms with Gasteiger partial charge in [0, 0.05) is 6.54 Å². The molecule has 0 aromatic heterocycles. The number of nitriles is 1. The van der Waals surface area contributed by atoms with E-state index >= 15 is 0 Å². The molecule has 12 heteroatoms. The van der Waals surface area contributed by atoms with Gasteiger partial charge in [-0.3, -0.25) is 9.59 Å². The summed E-state index contributed by atoms with van der Waals surface area (Å²) in [5.41, 5.74) is 0.0908. The Hall–Kier alpha value is -2.28. The minimum absolute atomic E-state index is 0.0309. The fourth-order valence-electron chi connectivity index (χ4n) is 2.56. The van der Waals surface area contributed by atoms with E-state index in [4.69, 9.17) is 5.26 Å². The van der Waals surface area contributed by atoms with E-state index in [1.54, 1.807) is 18.2 Å². The first-order chi connectivity index (χ1) is 14.5. The molecule has 1 unspecified atom stereocenters. The Balaban J connectivity index is 2.28. The number of nitrogens with zero attached hydrogens (tertiary/aromatic N) is 1. The summed E-state index contributed by atoms with van der Waals surface area (Å²) in [6.07, 6.45) is -4.98. The van der Waals surface area contributed by atoms with Crippen LogP contribution in [0.25, 0.3) is 0 Å². The number of rotatable bonds is 7. The quantitative estimate of drug-likeness (QED) is 0.311. The average Bonchev–Trinajstić information content (AvgIpc) is 2.69. The lowest BCUT2D eigenvalue weighted by molar-refractivity contribution is -0.274. The van der Waals surface area contributed by atoms with Crippen molar-refractivity contribution in [2.24, 2.45) is 0 Å². The topological polar surface area (TPSA) is 111 Å². The summed E-state index contributed by atoms with van der Waals surface area (Å²) in [6, 6.07) is 9.69. The molecule has 164 valence electrons. The van der Waals surface area contributed by atoms with Crippen molar-refractivity contribution in [2.75, 3.05) is 13.1 Å². The van der Waals surface area contributed by atoms with E-state index in [2.05, 4.69) is 15.4 Å². The first-order valence-electron chi connectivity index (χ1n) is 8.49. The van der Waals surface area contributed by atoms with Crippen molar-refractivity contribution >= 4 is 57.0 Å². The zero-order valence-electron chi connectivity index (χ0n) is 15.5. The third-order valence-corrected chi connectivity index (χ3v) is 5.57. The van der Waals surface area contributed by atoms with Gasteiger partial charge < -0.3 is 20.5 Å². The highest BCUT2D eigenvalue weighted by atomic mass is 127. The van der Waals surface area contributed by atoms with Crippen molar-refractivity contribution in [1.29, 1.82) is 5.26 Å². The Morgan fingerprint density at radius 2 is 1.77 bits per heavy atom. The molecule has 2 aromatic rings. The number of alkyl halides is 3. The number of aromatic hydroxyl groups is 1. The number of para-hydroxylation sites is 1. The van der Waals surface area contributed by atoms with Gasteiger partial charge in [-0.05, 0) is 75.0 Å². The molecule has 2 amide bonds. The van der Waals surface area contributed by atoms with Gasteiger partial charge in [-0.15, -0.1) is 13.2 Å². The lowest BCUT2D eigenvalue weighted by Crippen LogP contribution is -2.38. The molecule has 0 aliphatic rings. The molecule has 2 aromatic carbocycles. The highest BCUT2D eigenvalue weighted by Gasteiger charge is 2.33. The van der Waals surface area contributed by atoms with Crippen LogP contribution in [-0.2, 0) is 4.79 Å². The molecule has 0 heterocycles. The molecule has 0 saturated heterocycles. The number of phenols is 1. The third kappa shape index (κ3) is 7.13. The van der Waals surface area contributed by atoms with Crippen molar-refractivity contribution in [3.05, 3.63) is 54.7 Å². The van der Waals surface area contributed by atoms with Gasteiger partial charge in [-0.25, -0.2) is 0 Å². The number of amides is 2. The van der Waals surface area contributed by atoms with E-state index in [1.165, 1.54) is 12.1 Å². The van der Waals surface area contributed by atoms with Gasteiger partial charge in [0.15, 0.2) is 0 Å². The Morgan fingerprint density at radius 3 is 2.35 bits per heavy atom. The molecular formula is C19H14F3I2N3O4. The second-order valence-electron chi connectivity index (χ2n) is 6.02. The van der Waals surface area contributed by atoms with E-state index in [0.717, 1.165) is 12.1 Å². The van der Waals surface area contributed by atoms with E-state index in [1.807, 2.05) is 45.2 Å². The molecule has 31 heavy (non-hydrogen) atoms. The zero-order chi connectivity index (χ0) is 23.2. The maximum absolute atomic E-state index is 12.6. The molecule has 7 nitrogen and oxygen atoms in total. The number of nitrogens with one attached hydrogen (secondary N) is 2. The maximum Gasteiger partial charge on any atom is 0.573 e. The van der Waals surface area contributed by atoms with Crippen molar-refractivity contribution in [1.82, 2.24) is 10.6 Å². The number of hydrogen-bond acceptors (Lipinski definition) is 5. The Morgan fingerprint density at radius 1 is 1.16 bits per heavy atom. The first-order valence-corrected chi connectivity index (χ1v) is 10.6. The number of ether oxygens (including phenoxy) is 1. The largest absolute Gasteiger partial charge is 0.573 e. The SMILES string of the molecule is N#CCNC(=O)C(CNC(=O)c1ccccc1OC(F)(F)F)c1cc(I)c(O)c(I)c1. The van der Waals surface area contributed by atoms with Gasteiger partial charge in [0.25, 0.3) is 5.91 Å². The predicted molar refractivity (Wildman–Crippen MR) is 120 cm³/mol. The summed E-state index contributed by atoms with van der Waals surface area (Å²) in [5.74, 6) is -3.05. The van der Waals surface area contributed by atoms with Gasteiger partial charge in [-0.1, -0.05) is 12.1 Å². The number of carbonyl (C=O) groups excluding carboxylic acids is 2. The molecule has 0 radical (unpaired) electrons. The van der Waals surface area contributed by atoms with Gasteiger partial charge >= 0.3 is 6.36 Å². The smallest absolute Gasteiger partial charge is 0.506 e. The van der Waals surface area contributed by atoms with Crippen LogP contribution in [0.1, 0.15) is 21.8 Å². The molecule has 3 N–H and O–H groups in total. The number of halogens is 5. The minimum Gasteiger partial charge on any atom is -0.506 e. The summed E-state index contributed by atoms with van der Waals surface area (Å²) >= 11 is 3.76. The average molecular weight is 659 g/mol. The van der Waals surface area contributed by atoms with Gasteiger partial charge in [-0.2, -0.15) is 5.26 Å². The van der Waals surface area contributed by atoms with Crippen LogP contribution < -0.4 is 15.4 Å². The molecule has 0 spiro atoms. The third-order valence-electron chi connectivity index (χ3n) is 3.92. The van der Waals surface area contributed by atoms with Crippen LogP contribution in [-0.4, -0.2) is 36.4 Å². The van der Waals surface area contributed by atoms with Gasteiger partial charge in [0.2, 0.25) is 5.91 Å². The van der Waals surface area contributed by atoms with Crippen molar-refractivity contribution in [3.8, 4) is 17.6 Å². The van der Waals surface area contributed by atoms with Crippen LogP contribution in [0, 0.1) is 18.5 Å². The summed E-state index contributed by atoms with van der Waals surface area (Å²) < 4.78 is 42.6. The number of hydrogen-bond donors (Lipinski definition) is 3. The molecule has 0 fully saturated rings. The second-order valence-corrected chi connectivity index (χ2v) is 8.34. The Labute approximate surface area is 202 Å². The molecule has 0 saturated carbocycles. The Kier molecular flexibility index (Phi) is 8.74. The summed E-state index contributed by atoms with van der Waals surface area (Å²) in [7, 11) is 0. The lowest BCUT2D eigenvalue weighted by atomic mass is 9.97. The number of phenolic OH excluding ortho intramolecular Hbond substituents is 1. The van der Waals surface area contributed by atoms with Gasteiger partial charge in [0.05, 0.1) is 24.7 Å². The van der Waals surface area contributed by atoms with Crippen LogP contribution in [0.4, 0.5) is 13.2 Å². The van der Waals surface area contributed by atoms with Crippen LogP contribution in [0.15, 0.2) is 36.4 Å².